The van der Waals surface area contributed by atoms with Crippen molar-refractivity contribution in [1.82, 2.24) is 4.98 Å². The van der Waals surface area contributed by atoms with Crippen molar-refractivity contribution in [1.29, 1.82) is 5.26 Å². The van der Waals surface area contributed by atoms with E-state index in [2.05, 4.69) is 16.4 Å². The highest BCUT2D eigenvalue weighted by Gasteiger charge is 2.11. The van der Waals surface area contributed by atoms with Crippen LogP contribution in [0.15, 0.2) is 66.9 Å². The number of pyridine rings is 1. The molecule has 5 heteroatoms. The van der Waals surface area contributed by atoms with E-state index in [1.807, 2.05) is 37.3 Å². The Balaban J connectivity index is 1.71. The minimum atomic E-state index is -0.353. The number of carbonyl (C=O) groups is 1. The largest absolute Gasteiger partial charge is 0.489 e. The monoisotopic (exact) mass is 343 g/mol. The summed E-state index contributed by atoms with van der Waals surface area (Å²) < 4.78 is 5.73. The molecule has 0 aliphatic rings. The summed E-state index contributed by atoms with van der Waals surface area (Å²) in [6.07, 6.45) is 1.54. The van der Waals surface area contributed by atoms with Crippen LogP contribution in [-0.4, -0.2) is 10.9 Å². The molecule has 0 fully saturated rings. The molecule has 0 saturated carbocycles. The number of carbonyl (C=O) groups excluding carboxylic acids is 1. The predicted octanol–water partition coefficient (Wildman–Crippen LogP) is 4.09. The Morgan fingerprint density at radius 1 is 1.15 bits per heavy atom. The van der Waals surface area contributed by atoms with Gasteiger partial charge in [-0.1, -0.05) is 36.4 Å². The summed E-state index contributed by atoms with van der Waals surface area (Å²) in [6, 6.07) is 20.3. The van der Waals surface area contributed by atoms with Gasteiger partial charge >= 0.3 is 0 Å². The van der Waals surface area contributed by atoms with E-state index in [9.17, 15) is 4.79 Å². The molecule has 1 N–H and O–H groups in total. The standard InChI is InChI=1S/C21H17N3O2/c1-15-7-8-17(13-22)11-19(15)24-21(25)20-12-18(9-10-23-20)26-14-16-5-3-2-4-6-16/h2-12H,14H2,1H3,(H,24,25). The minimum Gasteiger partial charge on any atom is -0.489 e. The first-order valence-corrected chi connectivity index (χ1v) is 8.10. The molecule has 3 rings (SSSR count). The van der Waals surface area contributed by atoms with Crippen molar-refractivity contribution in [2.75, 3.05) is 5.32 Å². The number of benzene rings is 2. The van der Waals surface area contributed by atoms with Crippen LogP contribution in [0.2, 0.25) is 0 Å². The highest BCUT2D eigenvalue weighted by Crippen LogP contribution is 2.19. The van der Waals surface area contributed by atoms with Gasteiger partial charge in [-0.05, 0) is 36.2 Å². The van der Waals surface area contributed by atoms with Crippen LogP contribution in [0.1, 0.15) is 27.2 Å². The molecule has 0 unspecified atom stereocenters. The van der Waals surface area contributed by atoms with Crippen LogP contribution >= 0.6 is 0 Å². The summed E-state index contributed by atoms with van der Waals surface area (Å²) in [6.45, 7) is 2.28. The molecular weight excluding hydrogens is 326 g/mol. The van der Waals surface area contributed by atoms with Gasteiger partial charge in [-0.25, -0.2) is 0 Å². The second kappa shape index (κ2) is 7.95. The van der Waals surface area contributed by atoms with E-state index in [4.69, 9.17) is 10.00 Å². The summed E-state index contributed by atoms with van der Waals surface area (Å²) in [5, 5.41) is 11.8. The Labute approximate surface area is 151 Å². The van der Waals surface area contributed by atoms with E-state index >= 15 is 0 Å². The van der Waals surface area contributed by atoms with Crippen molar-refractivity contribution in [2.45, 2.75) is 13.5 Å². The fraction of sp³-hybridized carbons (Fsp3) is 0.0952. The molecule has 128 valence electrons. The number of hydrogen-bond donors (Lipinski definition) is 1. The minimum absolute atomic E-state index is 0.248. The van der Waals surface area contributed by atoms with Gasteiger partial charge in [-0.3, -0.25) is 9.78 Å². The molecule has 2 aromatic carbocycles. The smallest absolute Gasteiger partial charge is 0.274 e. The molecule has 1 aromatic heterocycles. The first kappa shape index (κ1) is 17.2. The number of nitrogens with zero attached hydrogens (tertiary/aromatic N) is 2. The van der Waals surface area contributed by atoms with Crippen molar-refractivity contribution >= 4 is 11.6 Å². The van der Waals surface area contributed by atoms with Gasteiger partial charge in [0.05, 0.1) is 11.6 Å². The SMILES string of the molecule is Cc1ccc(C#N)cc1NC(=O)c1cc(OCc2ccccc2)ccn1. The maximum Gasteiger partial charge on any atom is 0.274 e. The van der Waals surface area contributed by atoms with E-state index in [0.29, 0.717) is 23.6 Å². The molecule has 0 aliphatic heterocycles. The lowest BCUT2D eigenvalue weighted by atomic mass is 10.1. The maximum atomic E-state index is 12.5. The molecule has 26 heavy (non-hydrogen) atoms. The van der Waals surface area contributed by atoms with Crippen LogP contribution in [0, 0.1) is 18.3 Å². The highest BCUT2D eigenvalue weighted by atomic mass is 16.5. The summed E-state index contributed by atoms with van der Waals surface area (Å²) >= 11 is 0. The van der Waals surface area contributed by atoms with E-state index in [0.717, 1.165) is 11.1 Å². The predicted molar refractivity (Wildman–Crippen MR) is 98.9 cm³/mol. The van der Waals surface area contributed by atoms with E-state index in [1.165, 1.54) is 6.20 Å². The molecular formula is C21H17N3O2. The summed E-state index contributed by atoms with van der Waals surface area (Å²) in [5.74, 6) is 0.213. The van der Waals surface area contributed by atoms with Gasteiger partial charge in [0.2, 0.25) is 0 Å². The first-order chi connectivity index (χ1) is 12.7. The van der Waals surface area contributed by atoms with Crippen molar-refractivity contribution in [3.63, 3.8) is 0 Å². The van der Waals surface area contributed by atoms with Gasteiger partial charge in [-0.15, -0.1) is 0 Å². The Morgan fingerprint density at radius 3 is 2.73 bits per heavy atom. The fourth-order valence-corrected chi connectivity index (χ4v) is 2.38. The van der Waals surface area contributed by atoms with Crippen LogP contribution in [0.4, 0.5) is 5.69 Å². The van der Waals surface area contributed by atoms with Gasteiger partial charge in [-0.2, -0.15) is 5.26 Å². The number of hydrogen-bond acceptors (Lipinski definition) is 4. The molecule has 5 nitrogen and oxygen atoms in total. The van der Waals surface area contributed by atoms with Gasteiger partial charge in [0.1, 0.15) is 18.1 Å². The second-order valence-electron chi connectivity index (χ2n) is 5.75. The van der Waals surface area contributed by atoms with Gasteiger partial charge < -0.3 is 10.1 Å². The number of amides is 1. The summed E-state index contributed by atoms with van der Waals surface area (Å²) in [5.41, 5.74) is 3.23. The number of nitriles is 1. The molecule has 0 saturated heterocycles. The van der Waals surface area contributed by atoms with Crippen molar-refractivity contribution in [3.8, 4) is 11.8 Å². The quantitative estimate of drug-likeness (QED) is 0.757. The van der Waals surface area contributed by atoms with Crippen LogP contribution in [0.25, 0.3) is 0 Å². The molecule has 3 aromatic rings. The van der Waals surface area contributed by atoms with Crippen LogP contribution < -0.4 is 10.1 Å². The van der Waals surface area contributed by atoms with Gasteiger partial charge in [0.25, 0.3) is 5.91 Å². The Kier molecular flexibility index (Phi) is 5.25. The Morgan fingerprint density at radius 2 is 1.96 bits per heavy atom. The first-order valence-electron chi connectivity index (χ1n) is 8.10. The van der Waals surface area contributed by atoms with E-state index < -0.39 is 0 Å². The topological polar surface area (TPSA) is 75.0 Å². The lowest BCUT2D eigenvalue weighted by Crippen LogP contribution is -2.14. The number of anilines is 1. The Bertz CT molecular complexity index is 962. The second-order valence-corrected chi connectivity index (χ2v) is 5.75. The number of rotatable bonds is 5. The molecule has 0 radical (unpaired) electrons. The van der Waals surface area contributed by atoms with E-state index in [-0.39, 0.29) is 11.6 Å². The average molecular weight is 343 g/mol. The number of ether oxygens (including phenoxy) is 1. The normalized spacial score (nSPS) is 10.0. The molecule has 1 heterocycles. The van der Waals surface area contributed by atoms with Gasteiger partial charge in [0.15, 0.2) is 0 Å². The number of aryl methyl sites for hydroxylation is 1. The lowest BCUT2D eigenvalue weighted by Gasteiger charge is -2.10. The third-order valence-electron chi connectivity index (χ3n) is 3.83. The molecule has 0 bridgehead atoms. The van der Waals surface area contributed by atoms with Crippen molar-refractivity contribution in [2.24, 2.45) is 0 Å². The molecule has 0 atom stereocenters. The fourth-order valence-electron chi connectivity index (χ4n) is 2.38. The summed E-state index contributed by atoms with van der Waals surface area (Å²) in [7, 11) is 0. The third kappa shape index (κ3) is 4.25. The Hall–Kier alpha value is -3.65. The lowest BCUT2D eigenvalue weighted by molar-refractivity contribution is 0.102. The zero-order valence-electron chi connectivity index (χ0n) is 14.3. The number of nitrogens with one attached hydrogen (secondary N) is 1. The van der Waals surface area contributed by atoms with Crippen LogP contribution in [-0.2, 0) is 6.61 Å². The number of aromatic nitrogens is 1. The van der Waals surface area contributed by atoms with Crippen molar-refractivity contribution in [3.05, 3.63) is 89.2 Å². The zero-order valence-corrected chi connectivity index (χ0v) is 14.3. The maximum absolute atomic E-state index is 12.5. The van der Waals surface area contributed by atoms with Crippen molar-refractivity contribution < 1.29 is 9.53 Å². The van der Waals surface area contributed by atoms with E-state index in [1.54, 1.807) is 30.3 Å². The molecule has 1 amide bonds. The zero-order chi connectivity index (χ0) is 18.4. The van der Waals surface area contributed by atoms with Gasteiger partial charge in [0, 0.05) is 18.0 Å². The average Bonchev–Trinajstić information content (AvgIpc) is 2.69. The molecule has 0 spiro atoms. The highest BCUT2D eigenvalue weighted by molar-refractivity contribution is 6.03. The third-order valence-corrected chi connectivity index (χ3v) is 3.83. The van der Waals surface area contributed by atoms with Crippen LogP contribution in [0.5, 0.6) is 5.75 Å². The van der Waals surface area contributed by atoms with Crippen LogP contribution in [0.3, 0.4) is 0 Å². The summed E-state index contributed by atoms with van der Waals surface area (Å²) in [4.78, 5) is 16.6. The molecule has 0 aliphatic carbocycles.